The maximum Gasteiger partial charge on any atom is 0.303 e. The molecule has 13 heavy (non-hydrogen) atoms. The quantitative estimate of drug-likeness (QED) is 0.691. The third-order valence-corrected chi connectivity index (χ3v) is 3.92. The van der Waals surface area contributed by atoms with Gasteiger partial charge in [-0.3, -0.25) is 4.79 Å². The van der Waals surface area contributed by atoms with E-state index in [2.05, 4.69) is 0 Å². The van der Waals surface area contributed by atoms with Gasteiger partial charge in [0, 0.05) is 0 Å². The lowest BCUT2D eigenvalue weighted by atomic mass is 9.77. The molecular weight excluding hydrogens is 166 g/mol. The number of rotatable bonds is 3. The third kappa shape index (κ3) is 1.46. The molecule has 2 rings (SSSR count). The molecule has 0 aromatic rings. The van der Waals surface area contributed by atoms with Crippen molar-refractivity contribution in [3.63, 3.8) is 0 Å². The maximum atomic E-state index is 10.7. The maximum absolute atomic E-state index is 10.7. The molecule has 74 valence electrons. The van der Waals surface area contributed by atoms with Crippen molar-refractivity contribution in [3.05, 3.63) is 0 Å². The highest BCUT2D eigenvalue weighted by Crippen LogP contribution is 2.56. The highest BCUT2D eigenvalue weighted by atomic mass is 16.4. The Morgan fingerprint density at radius 1 is 1.38 bits per heavy atom. The van der Waals surface area contributed by atoms with E-state index in [4.69, 9.17) is 10.8 Å². The minimum atomic E-state index is -0.688. The summed E-state index contributed by atoms with van der Waals surface area (Å²) in [5, 5.41) is 8.81. The number of aliphatic carboxylic acids is 1. The van der Waals surface area contributed by atoms with Gasteiger partial charge in [-0.25, -0.2) is 0 Å². The molecule has 2 saturated carbocycles. The van der Waals surface area contributed by atoms with E-state index in [1.165, 1.54) is 12.8 Å². The van der Waals surface area contributed by atoms with Crippen molar-refractivity contribution in [2.24, 2.45) is 23.0 Å². The second-order valence-electron chi connectivity index (χ2n) is 4.78. The van der Waals surface area contributed by atoms with Gasteiger partial charge in [-0.2, -0.15) is 0 Å². The fourth-order valence-electron chi connectivity index (χ4n) is 3.08. The Hall–Kier alpha value is -0.570. The van der Waals surface area contributed by atoms with Crippen LogP contribution in [0, 0.1) is 17.3 Å². The Morgan fingerprint density at radius 3 is 2.23 bits per heavy atom. The van der Waals surface area contributed by atoms with Crippen LogP contribution in [0.4, 0.5) is 0 Å². The van der Waals surface area contributed by atoms with Crippen LogP contribution in [-0.4, -0.2) is 17.6 Å². The molecule has 0 aromatic carbocycles. The molecule has 0 bridgehead atoms. The molecule has 0 radical (unpaired) electrons. The van der Waals surface area contributed by atoms with Crippen molar-refractivity contribution in [2.45, 2.75) is 32.1 Å². The van der Waals surface area contributed by atoms with Gasteiger partial charge in [0.2, 0.25) is 0 Å². The number of carbonyl (C=O) groups is 1. The van der Waals surface area contributed by atoms with E-state index >= 15 is 0 Å². The van der Waals surface area contributed by atoms with Gasteiger partial charge in [0.05, 0.1) is 6.42 Å². The van der Waals surface area contributed by atoms with Gasteiger partial charge in [0.25, 0.3) is 0 Å². The zero-order chi connectivity index (χ0) is 9.47. The molecule has 0 saturated heterocycles. The molecular formula is C10H17NO2. The van der Waals surface area contributed by atoms with E-state index in [0.29, 0.717) is 6.54 Å². The Balaban J connectivity index is 2.03. The SMILES string of the molecule is NC[C@@]1(CC(=O)O)C[C@H]2CC[C@H]2C1. The van der Waals surface area contributed by atoms with E-state index in [-0.39, 0.29) is 11.8 Å². The monoisotopic (exact) mass is 183 g/mol. The van der Waals surface area contributed by atoms with Gasteiger partial charge >= 0.3 is 5.97 Å². The summed E-state index contributed by atoms with van der Waals surface area (Å²) in [7, 11) is 0. The topological polar surface area (TPSA) is 63.3 Å². The Kier molecular flexibility index (Phi) is 2.06. The van der Waals surface area contributed by atoms with Crippen LogP contribution >= 0.6 is 0 Å². The summed E-state index contributed by atoms with van der Waals surface area (Å²) in [6.07, 6.45) is 4.98. The first-order chi connectivity index (χ1) is 6.15. The van der Waals surface area contributed by atoms with Crippen LogP contribution in [-0.2, 0) is 4.79 Å². The summed E-state index contributed by atoms with van der Waals surface area (Å²) in [6.45, 7) is 0.548. The average Bonchev–Trinajstić information content (AvgIpc) is 2.28. The zero-order valence-corrected chi connectivity index (χ0v) is 7.83. The van der Waals surface area contributed by atoms with Crippen LogP contribution in [0.15, 0.2) is 0 Å². The molecule has 0 aromatic heterocycles. The largest absolute Gasteiger partial charge is 0.481 e. The van der Waals surface area contributed by atoms with Gasteiger partial charge in [0.15, 0.2) is 0 Å². The van der Waals surface area contributed by atoms with Crippen LogP contribution in [0.25, 0.3) is 0 Å². The molecule has 3 N–H and O–H groups in total. The first-order valence-corrected chi connectivity index (χ1v) is 5.07. The number of nitrogens with two attached hydrogens (primary N) is 1. The fourth-order valence-corrected chi connectivity index (χ4v) is 3.08. The summed E-state index contributed by atoms with van der Waals surface area (Å²) in [5.74, 6) is 0.901. The van der Waals surface area contributed by atoms with Crippen molar-refractivity contribution < 1.29 is 9.90 Å². The van der Waals surface area contributed by atoms with Gasteiger partial charge in [-0.1, -0.05) is 0 Å². The number of hydrogen-bond donors (Lipinski definition) is 2. The van der Waals surface area contributed by atoms with Crippen molar-refractivity contribution in [2.75, 3.05) is 6.54 Å². The normalized spacial score (nSPS) is 42.5. The van der Waals surface area contributed by atoms with E-state index < -0.39 is 5.97 Å². The molecule has 3 nitrogen and oxygen atoms in total. The Bertz CT molecular complexity index is 215. The van der Waals surface area contributed by atoms with Crippen LogP contribution in [0.5, 0.6) is 0 Å². The van der Waals surface area contributed by atoms with E-state index in [9.17, 15) is 4.79 Å². The Morgan fingerprint density at radius 2 is 1.92 bits per heavy atom. The van der Waals surface area contributed by atoms with Gasteiger partial charge < -0.3 is 10.8 Å². The molecule has 0 spiro atoms. The van der Waals surface area contributed by atoms with Crippen molar-refractivity contribution in [3.8, 4) is 0 Å². The zero-order valence-electron chi connectivity index (χ0n) is 7.83. The lowest BCUT2D eigenvalue weighted by molar-refractivity contribution is -0.139. The highest BCUT2D eigenvalue weighted by molar-refractivity contribution is 5.67. The predicted octanol–water partition coefficient (Wildman–Crippen LogP) is 1.23. The second-order valence-corrected chi connectivity index (χ2v) is 4.78. The van der Waals surface area contributed by atoms with E-state index in [1.807, 2.05) is 0 Å². The molecule has 2 fully saturated rings. The Labute approximate surface area is 78.3 Å². The number of carboxylic acids is 1. The smallest absolute Gasteiger partial charge is 0.303 e. The van der Waals surface area contributed by atoms with Crippen LogP contribution in [0.3, 0.4) is 0 Å². The first kappa shape index (κ1) is 9.00. The van der Waals surface area contributed by atoms with Gasteiger partial charge in [-0.05, 0) is 49.5 Å². The molecule has 0 amide bonds. The molecule has 0 aliphatic heterocycles. The number of fused-ring (bicyclic) bond motifs is 1. The van der Waals surface area contributed by atoms with Gasteiger partial charge in [-0.15, -0.1) is 0 Å². The van der Waals surface area contributed by atoms with Crippen LogP contribution in [0.2, 0.25) is 0 Å². The standard InChI is InChI=1S/C10H17NO2/c11-6-10(5-9(12)13)3-7-1-2-8(7)4-10/h7-8H,1-6,11H2,(H,12,13)/t7-,8+,10+. The average molecular weight is 183 g/mol. The van der Waals surface area contributed by atoms with Crippen LogP contribution in [0.1, 0.15) is 32.1 Å². The highest BCUT2D eigenvalue weighted by Gasteiger charge is 2.49. The number of hydrogen-bond acceptors (Lipinski definition) is 2. The van der Waals surface area contributed by atoms with Crippen molar-refractivity contribution in [1.29, 1.82) is 0 Å². The molecule has 3 heteroatoms. The minimum Gasteiger partial charge on any atom is -0.481 e. The lowest BCUT2D eigenvalue weighted by Gasteiger charge is -2.29. The number of carboxylic acid groups (broad SMARTS) is 1. The minimum absolute atomic E-state index is 0.0579. The molecule has 2 aliphatic rings. The summed E-state index contributed by atoms with van der Waals surface area (Å²) in [5.41, 5.74) is 5.65. The third-order valence-electron chi connectivity index (χ3n) is 3.92. The fraction of sp³-hybridized carbons (Fsp3) is 0.900. The predicted molar refractivity (Wildman–Crippen MR) is 49.2 cm³/mol. The second kappa shape index (κ2) is 2.98. The van der Waals surface area contributed by atoms with E-state index in [0.717, 1.165) is 24.7 Å². The summed E-state index contributed by atoms with van der Waals surface area (Å²) < 4.78 is 0. The van der Waals surface area contributed by atoms with Crippen molar-refractivity contribution >= 4 is 5.97 Å². The first-order valence-electron chi connectivity index (χ1n) is 5.07. The molecule has 0 heterocycles. The lowest BCUT2D eigenvalue weighted by Crippen LogP contribution is -2.30. The summed E-state index contributed by atoms with van der Waals surface area (Å²) >= 11 is 0. The molecule has 2 aliphatic carbocycles. The van der Waals surface area contributed by atoms with Gasteiger partial charge in [0.1, 0.15) is 0 Å². The summed E-state index contributed by atoms with van der Waals surface area (Å²) in [4.78, 5) is 10.7. The van der Waals surface area contributed by atoms with Crippen molar-refractivity contribution in [1.82, 2.24) is 0 Å². The molecule has 3 atom stereocenters. The van der Waals surface area contributed by atoms with E-state index in [1.54, 1.807) is 0 Å². The summed E-state index contributed by atoms with van der Waals surface area (Å²) in [6, 6.07) is 0. The molecule has 0 unspecified atom stereocenters. The van der Waals surface area contributed by atoms with Crippen LogP contribution < -0.4 is 5.73 Å².